The number of rotatable bonds is 3. The van der Waals surface area contributed by atoms with Crippen LogP contribution < -0.4 is 15.4 Å². The highest BCUT2D eigenvalue weighted by molar-refractivity contribution is 5.48. The molecule has 20 heavy (non-hydrogen) atoms. The van der Waals surface area contributed by atoms with Gasteiger partial charge in [0.25, 0.3) is 0 Å². The second kappa shape index (κ2) is 5.45. The molecule has 1 aliphatic rings. The molecule has 0 spiro atoms. The number of benzene rings is 2. The Balaban J connectivity index is 1.62. The Labute approximate surface area is 120 Å². The van der Waals surface area contributed by atoms with Crippen LogP contribution >= 0.6 is 0 Å². The highest BCUT2D eigenvalue weighted by atomic mass is 16.5. The van der Waals surface area contributed by atoms with E-state index in [9.17, 15) is 0 Å². The van der Waals surface area contributed by atoms with Crippen LogP contribution in [0.2, 0.25) is 0 Å². The fourth-order valence-corrected chi connectivity index (χ4v) is 2.55. The number of hydrogen-bond donors (Lipinski definition) is 1. The molecule has 0 saturated carbocycles. The molecule has 3 rings (SSSR count). The Hall–Kier alpha value is -2.16. The summed E-state index contributed by atoms with van der Waals surface area (Å²) in [5.41, 5.74) is 9.02. The SMILES string of the molecule is Cc1ccc(N2CCC(Oc3ccc(N)cc3)C2)cc1. The van der Waals surface area contributed by atoms with Crippen LogP contribution in [0.1, 0.15) is 12.0 Å². The average Bonchev–Trinajstić information content (AvgIpc) is 2.91. The lowest BCUT2D eigenvalue weighted by Crippen LogP contribution is -2.24. The van der Waals surface area contributed by atoms with Gasteiger partial charge in [-0.2, -0.15) is 0 Å². The summed E-state index contributed by atoms with van der Waals surface area (Å²) in [7, 11) is 0. The molecule has 0 aliphatic carbocycles. The molecule has 3 heteroatoms. The van der Waals surface area contributed by atoms with Crippen molar-refractivity contribution in [3.05, 3.63) is 54.1 Å². The van der Waals surface area contributed by atoms with Crippen LogP contribution in [0.4, 0.5) is 11.4 Å². The highest BCUT2D eigenvalue weighted by Crippen LogP contribution is 2.24. The molecular weight excluding hydrogens is 248 g/mol. The predicted molar refractivity (Wildman–Crippen MR) is 83.3 cm³/mol. The van der Waals surface area contributed by atoms with Gasteiger partial charge >= 0.3 is 0 Å². The molecule has 2 aromatic rings. The third kappa shape index (κ3) is 2.87. The normalized spacial score (nSPS) is 18.2. The first-order chi connectivity index (χ1) is 9.70. The second-order valence-electron chi connectivity index (χ2n) is 5.38. The van der Waals surface area contributed by atoms with Crippen molar-refractivity contribution in [1.29, 1.82) is 0 Å². The first-order valence-corrected chi connectivity index (χ1v) is 7.04. The Bertz CT molecular complexity index is 563. The molecule has 1 fully saturated rings. The van der Waals surface area contributed by atoms with Crippen molar-refractivity contribution in [1.82, 2.24) is 0 Å². The monoisotopic (exact) mass is 268 g/mol. The fraction of sp³-hybridized carbons (Fsp3) is 0.294. The highest BCUT2D eigenvalue weighted by Gasteiger charge is 2.24. The lowest BCUT2D eigenvalue weighted by molar-refractivity contribution is 0.225. The van der Waals surface area contributed by atoms with E-state index in [2.05, 4.69) is 36.1 Å². The van der Waals surface area contributed by atoms with E-state index in [1.165, 1.54) is 11.3 Å². The van der Waals surface area contributed by atoms with Crippen molar-refractivity contribution in [2.24, 2.45) is 0 Å². The van der Waals surface area contributed by atoms with Crippen LogP contribution in [-0.4, -0.2) is 19.2 Å². The summed E-state index contributed by atoms with van der Waals surface area (Å²) in [4.78, 5) is 2.38. The zero-order valence-corrected chi connectivity index (χ0v) is 11.8. The Morgan fingerprint density at radius 1 is 1.05 bits per heavy atom. The summed E-state index contributed by atoms with van der Waals surface area (Å²) < 4.78 is 6.01. The van der Waals surface area contributed by atoms with E-state index >= 15 is 0 Å². The van der Waals surface area contributed by atoms with Crippen LogP contribution in [0, 0.1) is 6.92 Å². The summed E-state index contributed by atoms with van der Waals surface area (Å²) in [5.74, 6) is 0.898. The van der Waals surface area contributed by atoms with Crippen LogP contribution in [-0.2, 0) is 0 Å². The molecule has 1 atom stereocenters. The smallest absolute Gasteiger partial charge is 0.119 e. The van der Waals surface area contributed by atoms with E-state index in [1.807, 2.05) is 24.3 Å². The van der Waals surface area contributed by atoms with Crippen molar-refractivity contribution in [2.75, 3.05) is 23.7 Å². The van der Waals surface area contributed by atoms with Gasteiger partial charge in [0, 0.05) is 24.3 Å². The van der Waals surface area contributed by atoms with E-state index in [0.717, 1.165) is 30.9 Å². The number of nitrogens with two attached hydrogens (primary N) is 1. The molecule has 0 aromatic heterocycles. The van der Waals surface area contributed by atoms with E-state index in [0.29, 0.717) is 0 Å². The number of aryl methyl sites for hydroxylation is 1. The summed E-state index contributed by atoms with van der Waals surface area (Å²) in [6, 6.07) is 16.3. The van der Waals surface area contributed by atoms with Crippen LogP contribution in [0.5, 0.6) is 5.75 Å². The minimum Gasteiger partial charge on any atom is -0.489 e. The molecule has 2 N–H and O–H groups in total. The molecule has 0 radical (unpaired) electrons. The number of ether oxygens (including phenoxy) is 1. The number of anilines is 2. The minimum absolute atomic E-state index is 0.250. The van der Waals surface area contributed by atoms with Gasteiger partial charge < -0.3 is 15.4 Å². The molecule has 1 heterocycles. The molecule has 1 aliphatic heterocycles. The Kier molecular flexibility index (Phi) is 3.50. The predicted octanol–water partition coefficient (Wildman–Crippen LogP) is 3.23. The van der Waals surface area contributed by atoms with Gasteiger partial charge in [0.05, 0.1) is 6.54 Å². The van der Waals surface area contributed by atoms with Gasteiger partial charge in [-0.1, -0.05) is 17.7 Å². The number of hydrogen-bond acceptors (Lipinski definition) is 3. The lowest BCUT2D eigenvalue weighted by Gasteiger charge is -2.19. The van der Waals surface area contributed by atoms with Crippen molar-refractivity contribution < 1.29 is 4.74 Å². The lowest BCUT2D eigenvalue weighted by atomic mass is 10.2. The third-order valence-corrected chi connectivity index (χ3v) is 3.73. The summed E-state index contributed by atoms with van der Waals surface area (Å²) in [6.07, 6.45) is 1.30. The van der Waals surface area contributed by atoms with Crippen LogP contribution in [0.3, 0.4) is 0 Å². The molecule has 3 nitrogen and oxygen atoms in total. The standard InChI is InChI=1S/C17H20N2O/c1-13-2-6-15(7-3-13)19-11-10-17(12-19)20-16-8-4-14(18)5-9-16/h2-9,17H,10-12,18H2,1H3. The first-order valence-electron chi connectivity index (χ1n) is 7.04. The second-order valence-corrected chi connectivity index (χ2v) is 5.38. The molecule has 0 amide bonds. The molecule has 104 valence electrons. The van der Waals surface area contributed by atoms with Crippen LogP contribution in [0.15, 0.2) is 48.5 Å². The Morgan fingerprint density at radius 3 is 2.45 bits per heavy atom. The molecule has 1 saturated heterocycles. The van der Waals surface area contributed by atoms with Crippen molar-refractivity contribution >= 4 is 11.4 Å². The summed E-state index contributed by atoms with van der Waals surface area (Å²) in [6.45, 7) is 4.09. The maximum absolute atomic E-state index is 6.01. The first kappa shape index (κ1) is 12.9. The van der Waals surface area contributed by atoms with Gasteiger partial charge in [-0.25, -0.2) is 0 Å². The number of nitrogen functional groups attached to an aromatic ring is 1. The van der Waals surface area contributed by atoms with Gasteiger partial charge in [-0.15, -0.1) is 0 Å². The third-order valence-electron chi connectivity index (χ3n) is 3.73. The Morgan fingerprint density at radius 2 is 1.75 bits per heavy atom. The fourth-order valence-electron chi connectivity index (χ4n) is 2.55. The quantitative estimate of drug-likeness (QED) is 0.869. The van der Waals surface area contributed by atoms with Crippen molar-refractivity contribution in [2.45, 2.75) is 19.4 Å². The van der Waals surface area contributed by atoms with Gasteiger partial charge in [-0.3, -0.25) is 0 Å². The van der Waals surface area contributed by atoms with E-state index in [4.69, 9.17) is 10.5 Å². The van der Waals surface area contributed by atoms with Crippen molar-refractivity contribution in [3.8, 4) is 5.75 Å². The van der Waals surface area contributed by atoms with E-state index in [-0.39, 0.29) is 6.10 Å². The summed E-state index contributed by atoms with van der Waals surface area (Å²) in [5, 5.41) is 0. The van der Waals surface area contributed by atoms with Gasteiger partial charge in [0.2, 0.25) is 0 Å². The van der Waals surface area contributed by atoms with Gasteiger partial charge in [0.1, 0.15) is 11.9 Å². The zero-order valence-electron chi connectivity index (χ0n) is 11.8. The van der Waals surface area contributed by atoms with Crippen molar-refractivity contribution in [3.63, 3.8) is 0 Å². The topological polar surface area (TPSA) is 38.5 Å². The van der Waals surface area contributed by atoms with Crippen LogP contribution in [0.25, 0.3) is 0 Å². The van der Waals surface area contributed by atoms with Gasteiger partial charge in [-0.05, 0) is 43.3 Å². The maximum Gasteiger partial charge on any atom is 0.119 e. The zero-order chi connectivity index (χ0) is 13.9. The molecule has 2 aromatic carbocycles. The molecular formula is C17H20N2O. The molecule has 0 bridgehead atoms. The molecule has 1 unspecified atom stereocenters. The largest absolute Gasteiger partial charge is 0.489 e. The van der Waals surface area contributed by atoms with E-state index in [1.54, 1.807) is 0 Å². The van der Waals surface area contributed by atoms with Gasteiger partial charge in [0.15, 0.2) is 0 Å². The minimum atomic E-state index is 0.250. The average molecular weight is 268 g/mol. The van der Waals surface area contributed by atoms with E-state index < -0.39 is 0 Å². The maximum atomic E-state index is 6.01. The number of nitrogens with zero attached hydrogens (tertiary/aromatic N) is 1. The summed E-state index contributed by atoms with van der Waals surface area (Å²) >= 11 is 0.